The Morgan fingerprint density at radius 3 is 3.18 bits per heavy atom. The zero-order valence-corrected chi connectivity index (χ0v) is 7.54. The van der Waals surface area contributed by atoms with Crippen molar-refractivity contribution in [3.05, 3.63) is 22.3 Å². The van der Waals surface area contributed by atoms with Crippen LogP contribution in [-0.4, -0.2) is 19.6 Å². The SMILES string of the molecule is Clc1cn2ncnc2c(Br)n1. The maximum absolute atomic E-state index is 5.65. The third kappa shape index (κ3) is 1.10. The van der Waals surface area contributed by atoms with Crippen molar-refractivity contribution >= 4 is 33.2 Å². The molecule has 56 valence electrons. The van der Waals surface area contributed by atoms with Gasteiger partial charge in [-0.3, -0.25) is 0 Å². The minimum atomic E-state index is 0.384. The molecule has 0 aliphatic heterocycles. The van der Waals surface area contributed by atoms with Crippen molar-refractivity contribution in [1.29, 1.82) is 0 Å². The van der Waals surface area contributed by atoms with E-state index in [1.165, 1.54) is 6.33 Å². The topological polar surface area (TPSA) is 43.1 Å². The van der Waals surface area contributed by atoms with Crippen LogP contribution in [0.5, 0.6) is 0 Å². The molecule has 2 aromatic heterocycles. The second-order valence-corrected chi connectivity index (χ2v) is 3.02. The minimum absolute atomic E-state index is 0.384. The molecule has 0 N–H and O–H groups in total. The van der Waals surface area contributed by atoms with E-state index < -0.39 is 0 Å². The summed E-state index contributed by atoms with van der Waals surface area (Å²) in [5.74, 6) is 0. The molecule has 2 heterocycles. The molecule has 0 unspecified atom stereocenters. The second kappa shape index (κ2) is 2.42. The molecule has 0 spiro atoms. The fourth-order valence-corrected chi connectivity index (χ4v) is 1.52. The highest BCUT2D eigenvalue weighted by atomic mass is 79.9. The Hall–Kier alpha value is -0.680. The van der Waals surface area contributed by atoms with Crippen molar-refractivity contribution in [1.82, 2.24) is 19.6 Å². The molecular weight excluding hydrogens is 231 g/mol. The van der Waals surface area contributed by atoms with Crippen LogP contribution in [0.15, 0.2) is 17.1 Å². The van der Waals surface area contributed by atoms with E-state index in [2.05, 4.69) is 31.0 Å². The molecular formula is C5H2BrClN4. The Morgan fingerprint density at radius 1 is 1.55 bits per heavy atom. The molecule has 0 bridgehead atoms. The van der Waals surface area contributed by atoms with E-state index in [1.54, 1.807) is 10.7 Å². The third-order valence-electron chi connectivity index (χ3n) is 1.19. The van der Waals surface area contributed by atoms with Crippen LogP contribution in [0.1, 0.15) is 0 Å². The van der Waals surface area contributed by atoms with E-state index in [4.69, 9.17) is 11.6 Å². The van der Waals surface area contributed by atoms with E-state index in [0.717, 1.165) is 0 Å². The van der Waals surface area contributed by atoms with Crippen LogP contribution in [0.4, 0.5) is 0 Å². The van der Waals surface area contributed by atoms with E-state index in [9.17, 15) is 0 Å². The molecule has 0 saturated heterocycles. The highest BCUT2D eigenvalue weighted by molar-refractivity contribution is 9.10. The lowest BCUT2D eigenvalue weighted by Crippen LogP contribution is -1.90. The molecule has 0 aliphatic carbocycles. The highest BCUT2D eigenvalue weighted by Gasteiger charge is 2.02. The summed E-state index contributed by atoms with van der Waals surface area (Å²) in [6, 6.07) is 0. The van der Waals surface area contributed by atoms with Crippen LogP contribution < -0.4 is 0 Å². The Morgan fingerprint density at radius 2 is 2.36 bits per heavy atom. The normalized spacial score (nSPS) is 10.7. The maximum atomic E-state index is 5.65. The van der Waals surface area contributed by atoms with Crippen molar-refractivity contribution in [2.75, 3.05) is 0 Å². The molecule has 0 saturated carbocycles. The zero-order valence-electron chi connectivity index (χ0n) is 5.20. The summed E-state index contributed by atoms with van der Waals surface area (Å²) in [6.45, 7) is 0. The summed E-state index contributed by atoms with van der Waals surface area (Å²) >= 11 is 8.86. The highest BCUT2D eigenvalue weighted by Crippen LogP contribution is 2.15. The standard InChI is InChI=1S/C5H2BrClN4/c6-4-5-8-2-9-11(5)1-3(7)10-4/h1-2H. The number of fused-ring (bicyclic) bond motifs is 1. The molecule has 0 aromatic carbocycles. The van der Waals surface area contributed by atoms with Gasteiger partial charge in [0, 0.05) is 0 Å². The first-order valence-corrected chi connectivity index (χ1v) is 3.96. The summed E-state index contributed by atoms with van der Waals surface area (Å²) in [7, 11) is 0. The van der Waals surface area contributed by atoms with Gasteiger partial charge < -0.3 is 0 Å². The molecule has 4 nitrogen and oxygen atoms in total. The average molecular weight is 233 g/mol. The summed E-state index contributed by atoms with van der Waals surface area (Å²) in [6.07, 6.45) is 3.03. The first-order chi connectivity index (χ1) is 5.27. The molecule has 0 atom stereocenters. The maximum Gasteiger partial charge on any atom is 0.188 e. The second-order valence-electron chi connectivity index (χ2n) is 1.88. The molecule has 0 fully saturated rings. The lowest BCUT2D eigenvalue weighted by molar-refractivity contribution is 0.940. The van der Waals surface area contributed by atoms with Crippen molar-refractivity contribution in [2.45, 2.75) is 0 Å². The number of hydrogen-bond donors (Lipinski definition) is 0. The van der Waals surface area contributed by atoms with Crippen LogP contribution in [0.2, 0.25) is 5.15 Å². The summed E-state index contributed by atoms with van der Waals surface area (Å²) < 4.78 is 2.15. The van der Waals surface area contributed by atoms with Crippen molar-refractivity contribution in [2.24, 2.45) is 0 Å². The number of aromatic nitrogens is 4. The molecule has 0 aliphatic rings. The van der Waals surface area contributed by atoms with E-state index in [-0.39, 0.29) is 0 Å². The summed E-state index contributed by atoms with van der Waals surface area (Å²) in [4.78, 5) is 7.88. The quantitative estimate of drug-likeness (QED) is 0.693. The molecule has 6 heteroatoms. The van der Waals surface area contributed by atoms with Gasteiger partial charge in [-0.15, -0.1) is 0 Å². The largest absolute Gasteiger partial charge is 0.224 e. The van der Waals surface area contributed by atoms with Gasteiger partial charge in [0.05, 0.1) is 6.20 Å². The van der Waals surface area contributed by atoms with Gasteiger partial charge in [-0.1, -0.05) is 11.6 Å². The lowest BCUT2D eigenvalue weighted by atomic mass is 10.7. The smallest absolute Gasteiger partial charge is 0.188 e. The summed E-state index contributed by atoms with van der Waals surface area (Å²) in [5.41, 5.74) is 0.661. The Balaban J connectivity index is 2.91. The van der Waals surface area contributed by atoms with Crippen molar-refractivity contribution in [3.8, 4) is 0 Å². The average Bonchev–Trinajstić information content (AvgIpc) is 2.34. The predicted octanol–water partition coefficient (Wildman–Crippen LogP) is 1.54. The van der Waals surface area contributed by atoms with Gasteiger partial charge >= 0.3 is 0 Å². The molecule has 2 rings (SSSR count). The minimum Gasteiger partial charge on any atom is -0.224 e. The van der Waals surface area contributed by atoms with Crippen LogP contribution in [-0.2, 0) is 0 Å². The lowest BCUT2D eigenvalue weighted by Gasteiger charge is -1.93. The number of halogens is 2. The van der Waals surface area contributed by atoms with Gasteiger partial charge in [-0.05, 0) is 15.9 Å². The van der Waals surface area contributed by atoms with Crippen molar-refractivity contribution < 1.29 is 0 Å². The van der Waals surface area contributed by atoms with Crippen LogP contribution in [0, 0.1) is 0 Å². The molecule has 11 heavy (non-hydrogen) atoms. The van der Waals surface area contributed by atoms with Gasteiger partial charge in [-0.2, -0.15) is 5.10 Å². The van der Waals surface area contributed by atoms with Gasteiger partial charge in [0.15, 0.2) is 10.3 Å². The van der Waals surface area contributed by atoms with Gasteiger partial charge in [-0.25, -0.2) is 14.5 Å². The van der Waals surface area contributed by atoms with E-state index in [0.29, 0.717) is 15.4 Å². The fourth-order valence-electron chi connectivity index (χ4n) is 0.766. The van der Waals surface area contributed by atoms with E-state index >= 15 is 0 Å². The van der Waals surface area contributed by atoms with Crippen LogP contribution in [0.3, 0.4) is 0 Å². The van der Waals surface area contributed by atoms with Crippen LogP contribution in [0.25, 0.3) is 5.65 Å². The Bertz CT molecular complexity index is 398. The zero-order chi connectivity index (χ0) is 7.84. The predicted molar refractivity (Wildman–Crippen MR) is 43.5 cm³/mol. The van der Waals surface area contributed by atoms with E-state index in [1.807, 2.05) is 0 Å². The van der Waals surface area contributed by atoms with Gasteiger partial charge in [0.1, 0.15) is 11.5 Å². The number of rotatable bonds is 0. The Labute approximate surface area is 75.3 Å². The summed E-state index contributed by atoms with van der Waals surface area (Å²) in [5, 5.41) is 4.28. The number of nitrogens with zero attached hydrogens (tertiary/aromatic N) is 4. The molecule has 2 aromatic rings. The van der Waals surface area contributed by atoms with Gasteiger partial charge in [0.2, 0.25) is 0 Å². The first-order valence-electron chi connectivity index (χ1n) is 2.79. The number of hydrogen-bond acceptors (Lipinski definition) is 3. The van der Waals surface area contributed by atoms with Crippen molar-refractivity contribution in [3.63, 3.8) is 0 Å². The molecule has 0 amide bonds. The fraction of sp³-hybridized carbons (Fsp3) is 0. The third-order valence-corrected chi connectivity index (χ3v) is 1.91. The monoisotopic (exact) mass is 232 g/mol. The van der Waals surface area contributed by atoms with Gasteiger partial charge in [0.25, 0.3) is 0 Å². The Kier molecular flexibility index (Phi) is 1.54. The van der Waals surface area contributed by atoms with Crippen LogP contribution >= 0.6 is 27.5 Å². The molecule has 0 radical (unpaired) electrons. The first kappa shape index (κ1) is 7.00.